The molecule has 5 nitrogen and oxygen atoms in total. The van der Waals surface area contributed by atoms with Crippen LogP contribution in [0.4, 0.5) is 0 Å². The lowest BCUT2D eigenvalue weighted by molar-refractivity contribution is -0.137. The first-order valence-corrected chi connectivity index (χ1v) is 7.60. The van der Waals surface area contributed by atoms with Gasteiger partial charge in [0.2, 0.25) is 0 Å². The van der Waals surface area contributed by atoms with Crippen LogP contribution in [0.1, 0.15) is 45.6 Å². The van der Waals surface area contributed by atoms with E-state index in [0.29, 0.717) is 5.69 Å². The lowest BCUT2D eigenvalue weighted by Crippen LogP contribution is -2.41. The first-order valence-electron chi connectivity index (χ1n) is 6.81. The zero-order valence-electron chi connectivity index (χ0n) is 12.6. The highest BCUT2D eigenvalue weighted by atomic mass is 79.9. The number of nitrogens with zero attached hydrogens (tertiary/aromatic N) is 1. The van der Waals surface area contributed by atoms with Gasteiger partial charge in [-0.2, -0.15) is 0 Å². The van der Waals surface area contributed by atoms with Gasteiger partial charge in [-0.25, -0.2) is 0 Å². The number of rotatable bonds is 4. The first-order chi connectivity index (χ1) is 9.62. The van der Waals surface area contributed by atoms with Gasteiger partial charge in [0.25, 0.3) is 0 Å². The summed E-state index contributed by atoms with van der Waals surface area (Å²) in [5, 5.41) is 9.17. The summed E-state index contributed by atoms with van der Waals surface area (Å²) in [7, 11) is -0.625. The number of hydrogen-bond donors (Lipinski definition) is 1. The molecule has 2 heterocycles. The molecule has 0 radical (unpaired) electrons. The summed E-state index contributed by atoms with van der Waals surface area (Å²) in [6.07, 6.45) is 1.56. The first kappa shape index (κ1) is 16.5. The van der Waals surface area contributed by atoms with Crippen LogP contribution in [0.2, 0.25) is 0 Å². The normalized spacial score (nSPS) is 21.3. The van der Waals surface area contributed by atoms with Gasteiger partial charge in [-0.05, 0) is 55.8 Å². The van der Waals surface area contributed by atoms with E-state index in [0.717, 1.165) is 4.47 Å². The molecular formula is C14H19BBrNO4. The smallest absolute Gasteiger partial charge is 0.468 e. The quantitative estimate of drug-likeness (QED) is 0.840. The second-order valence-corrected chi connectivity index (χ2v) is 7.15. The van der Waals surface area contributed by atoms with Crippen LogP contribution >= 0.6 is 15.9 Å². The maximum Gasteiger partial charge on any atom is 0.468 e. The topological polar surface area (TPSA) is 68.7 Å². The van der Waals surface area contributed by atoms with Crippen LogP contribution < -0.4 is 0 Å². The SMILES string of the molecule is CC1(C)OB(C(CC(=O)O)c2ccc(Br)cn2)OC1(C)C. The number of aromatic nitrogens is 1. The molecule has 1 aliphatic heterocycles. The largest absolute Gasteiger partial charge is 0.481 e. The van der Waals surface area contributed by atoms with Crippen molar-refractivity contribution in [2.75, 3.05) is 0 Å². The van der Waals surface area contributed by atoms with Crippen molar-refractivity contribution in [1.82, 2.24) is 4.98 Å². The van der Waals surface area contributed by atoms with Gasteiger partial charge in [0.05, 0.1) is 17.6 Å². The summed E-state index contributed by atoms with van der Waals surface area (Å²) < 4.78 is 12.8. The van der Waals surface area contributed by atoms with Gasteiger partial charge in [-0.1, -0.05) is 0 Å². The van der Waals surface area contributed by atoms with E-state index < -0.39 is 30.1 Å². The third-order valence-electron chi connectivity index (χ3n) is 4.12. The predicted octanol–water partition coefficient (Wildman–Crippen LogP) is 3.03. The number of carbonyl (C=O) groups is 1. The predicted molar refractivity (Wildman–Crippen MR) is 83.0 cm³/mol. The molecule has 0 saturated carbocycles. The highest BCUT2D eigenvalue weighted by Crippen LogP contribution is 2.41. The number of pyridine rings is 1. The summed E-state index contributed by atoms with van der Waals surface area (Å²) in [6, 6.07) is 3.63. The molecule has 114 valence electrons. The number of carboxylic acids is 1. The van der Waals surface area contributed by atoms with Crippen LogP contribution in [-0.2, 0) is 14.1 Å². The average Bonchev–Trinajstić information content (AvgIpc) is 2.56. The van der Waals surface area contributed by atoms with Crippen LogP contribution in [0, 0.1) is 0 Å². The number of halogens is 1. The van der Waals surface area contributed by atoms with E-state index in [-0.39, 0.29) is 6.42 Å². The fraction of sp³-hybridized carbons (Fsp3) is 0.571. The molecule has 1 aromatic heterocycles. The molecule has 1 fully saturated rings. The summed E-state index contributed by atoms with van der Waals surface area (Å²) in [4.78, 5) is 15.5. The van der Waals surface area contributed by atoms with E-state index in [2.05, 4.69) is 20.9 Å². The van der Waals surface area contributed by atoms with Gasteiger partial charge < -0.3 is 14.4 Å². The Balaban J connectivity index is 2.30. The molecule has 0 aliphatic carbocycles. The van der Waals surface area contributed by atoms with Crippen molar-refractivity contribution in [2.24, 2.45) is 0 Å². The Bertz CT molecular complexity index is 516. The van der Waals surface area contributed by atoms with Gasteiger partial charge in [0.1, 0.15) is 0 Å². The van der Waals surface area contributed by atoms with Crippen LogP contribution in [0.3, 0.4) is 0 Å². The average molecular weight is 356 g/mol. The summed E-state index contributed by atoms with van der Waals surface area (Å²) in [6.45, 7) is 7.78. The molecule has 0 bridgehead atoms. The van der Waals surface area contributed by atoms with Crippen molar-refractivity contribution in [3.63, 3.8) is 0 Å². The second kappa shape index (κ2) is 5.70. The molecule has 1 atom stereocenters. The monoisotopic (exact) mass is 355 g/mol. The molecule has 2 rings (SSSR count). The summed E-state index contributed by atoms with van der Waals surface area (Å²) in [5.74, 6) is -1.35. The Morgan fingerprint density at radius 3 is 2.33 bits per heavy atom. The second-order valence-electron chi connectivity index (χ2n) is 6.23. The minimum atomic E-state index is -0.903. The fourth-order valence-electron chi connectivity index (χ4n) is 2.19. The minimum Gasteiger partial charge on any atom is -0.481 e. The highest BCUT2D eigenvalue weighted by molar-refractivity contribution is 9.10. The maximum absolute atomic E-state index is 11.2. The molecule has 7 heteroatoms. The Morgan fingerprint density at radius 1 is 1.33 bits per heavy atom. The number of carboxylic acid groups (broad SMARTS) is 1. The molecule has 0 amide bonds. The van der Waals surface area contributed by atoms with E-state index in [1.807, 2.05) is 33.8 Å². The molecule has 1 unspecified atom stereocenters. The maximum atomic E-state index is 11.2. The lowest BCUT2D eigenvalue weighted by Gasteiger charge is -2.32. The zero-order chi connectivity index (χ0) is 15.8. The zero-order valence-corrected chi connectivity index (χ0v) is 14.2. The van der Waals surface area contributed by atoms with Gasteiger partial charge in [-0.3, -0.25) is 9.78 Å². The molecule has 1 N–H and O–H groups in total. The molecule has 0 aromatic carbocycles. The third-order valence-corrected chi connectivity index (χ3v) is 4.59. The molecule has 1 saturated heterocycles. The highest BCUT2D eigenvalue weighted by Gasteiger charge is 2.54. The van der Waals surface area contributed by atoms with Crippen molar-refractivity contribution in [3.8, 4) is 0 Å². The van der Waals surface area contributed by atoms with Gasteiger partial charge in [0, 0.05) is 22.2 Å². The van der Waals surface area contributed by atoms with Crippen LogP contribution in [0.5, 0.6) is 0 Å². The molecule has 0 spiro atoms. The molecule has 21 heavy (non-hydrogen) atoms. The fourth-order valence-corrected chi connectivity index (χ4v) is 2.42. The Morgan fingerprint density at radius 2 is 1.90 bits per heavy atom. The van der Waals surface area contributed by atoms with Crippen LogP contribution in [-0.4, -0.2) is 34.4 Å². The minimum absolute atomic E-state index is 0.0918. The third kappa shape index (κ3) is 3.47. The van der Waals surface area contributed by atoms with Crippen molar-refractivity contribution in [3.05, 3.63) is 28.5 Å². The van der Waals surface area contributed by atoms with Crippen LogP contribution in [0.25, 0.3) is 0 Å². The van der Waals surface area contributed by atoms with E-state index in [9.17, 15) is 9.90 Å². The van der Waals surface area contributed by atoms with E-state index >= 15 is 0 Å². The lowest BCUT2D eigenvalue weighted by atomic mass is 9.68. The van der Waals surface area contributed by atoms with Crippen molar-refractivity contribution < 1.29 is 19.2 Å². The standard InChI is InChI=1S/C14H19BBrNO4/c1-13(2)14(3,4)21-15(20-13)10(7-12(18)19)11-6-5-9(16)8-17-11/h5-6,8,10H,7H2,1-4H3,(H,18,19). The number of aliphatic carboxylic acids is 1. The molecule has 1 aromatic rings. The molecule has 1 aliphatic rings. The van der Waals surface area contributed by atoms with E-state index in [1.165, 1.54) is 0 Å². The van der Waals surface area contributed by atoms with Crippen molar-refractivity contribution >= 4 is 29.0 Å². The van der Waals surface area contributed by atoms with Gasteiger partial charge in [0.15, 0.2) is 0 Å². The van der Waals surface area contributed by atoms with Gasteiger partial charge >= 0.3 is 13.1 Å². The summed E-state index contributed by atoms with van der Waals surface area (Å²) >= 11 is 3.32. The van der Waals surface area contributed by atoms with Crippen molar-refractivity contribution in [2.45, 2.75) is 51.1 Å². The van der Waals surface area contributed by atoms with Crippen molar-refractivity contribution in [1.29, 1.82) is 0 Å². The Hall–Kier alpha value is -0.915. The number of hydrogen-bond acceptors (Lipinski definition) is 4. The van der Waals surface area contributed by atoms with Crippen LogP contribution in [0.15, 0.2) is 22.8 Å². The Labute approximate surface area is 133 Å². The van der Waals surface area contributed by atoms with E-state index in [1.54, 1.807) is 12.3 Å². The van der Waals surface area contributed by atoms with E-state index in [4.69, 9.17) is 9.31 Å². The van der Waals surface area contributed by atoms with Gasteiger partial charge in [-0.15, -0.1) is 0 Å². The molecular weight excluding hydrogens is 337 g/mol. The summed E-state index contributed by atoms with van der Waals surface area (Å²) in [5.41, 5.74) is -0.341. The Kier molecular flexibility index (Phi) is 4.47.